The maximum absolute atomic E-state index is 13.7. The van der Waals surface area contributed by atoms with Crippen LogP contribution in [0.1, 0.15) is 31.9 Å². The fourth-order valence-corrected chi connectivity index (χ4v) is 2.14. The molecule has 1 aromatic heterocycles. The van der Waals surface area contributed by atoms with Gasteiger partial charge in [-0.25, -0.2) is 4.39 Å². The molecule has 0 saturated carbocycles. The molecule has 0 spiro atoms. The number of halogens is 2. The summed E-state index contributed by atoms with van der Waals surface area (Å²) in [7, 11) is 0. The van der Waals surface area contributed by atoms with Gasteiger partial charge in [0.15, 0.2) is 0 Å². The summed E-state index contributed by atoms with van der Waals surface area (Å²) < 4.78 is 24.8. The van der Waals surface area contributed by atoms with E-state index in [9.17, 15) is 4.39 Å². The Kier molecular flexibility index (Phi) is 9.60. The van der Waals surface area contributed by atoms with Gasteiger partial charge in [-0.3, -0.25) is 0 Å². The molecule has 0 radical (unpaired) electrons. The molecule has 0 atom stereocenters. The molecule has 0 amide bonds. The largest absolute Gasteiger partial charge is 0.460 e. The predicted molar refractivity (Wildman–Crippen MR) is 93.4 cm³/mol. The minimum atomic E-state index is -0.263. The van der Waals surface area contributed by atoms with E-state index in [4.69, 9.17) is 9.15 Å². The van der Waals surface area contributed by atoms with Crippen LogP contribution in [0.15, 0.2) is 40.8 Å². The number of furan rings is 1. The smallest absolute Gasteiger partial charge is 0.137 e. The number of hydrogen-bond acceptors (Lipinski definition) is 3. The van der Waals surface area contributed by atoms with Crippen LogP contribution < -0.4 is 5.32 Å². The minimum absolute atomic E-state index is 0. The van der Waals surface area contributed by atoms with E-state index in [1.807, 2.05) is 12.1 Å². The molecule has 0 fully saturated rings. The number of ether oxygens (including phenoxy) is 1. The molecule has 2 aromatic rings. The highest BCUT2D eigenvalue weighted by Gasteiger charge is 2.08. The third kappa shape index (κ3) is 6.73. The highest BCUT2D eigenvalue weighted by atomic mass is 35.5. The first-order valence-corrected chi connectivity index (χ1v) is 7.93. The topological polar surface area (TPSA) is 34.4 Å². The van der Waals surface area contributed by atoms with Crippen molar-refractivity contribution in [2.75, 3.05) is 19.8 Å². The van der Waals surface area contributed by atoms with Gasteiger partial charge in [0, 0.05) is 13.2 Å². The summed E-state index contributed by atoms with van der Waals surface area (Å²) in [5.41, 5.74) is 0.498. The Balaban J connectivity index is 0.00000264. The van der Waals surface area contributed by atoms with Gasteiger partial charge in [0.05, 0.1) is 12.1 Å². The second-order valence-corrected chi connectivity index (χ2v) is 5.24. The number of unbranched alkanes of at least 4 members (excludes halogenated alkanes) is 1. The Bertz CT molecular complexity index is 559. The average Bonchev–Trinajstić information content (AvgIpc) is 2.99. The molecule has 0 aliphatic rings. The molecule has 1 heterocycles. The fraction of sp³-hybridized carbons (Fsp3) is 0.444. The van der Waals surface area contributed by atoms with Crippen molar-refractivity contribution in [2.24, 2.45) is 0 Å². The van der Waals surface area contributed by atoms with Gasteiger partial charge in [0.2, 0.25) is 0 Å². The first-order valence-electron chi connectivity index (χ1n) is 7.93. The summed E-state index contributed by atoms with van der Waals surface area (Å²) in [6.07, 6.45) is 3.27. The number of rotatable bonds is 10. The van der Waals surface area contributed by atoms with Gasteiger partial charge in [-0.2, -0.15) is 0 Å². The van der Waals surface area contributed by atoms with Gasteiger partial charge in [0.25, 0.3) is 0 Å². The predicted octanol–water partition coefficient (Wildman–Crippen LogP) is 4.80. The van der Waals surface area contributed by atoms with Crippen LogP contribution >= 0.6 is 12.4 Å². The Morgan fingerprint density at radius 1 is 1.09 bits per heavy atom. The van der Waals surface area contributed by atoms with E-state index >= 15 is 0 Å². The van der Waals surface area contributed by atoms with Crippen LogP contribution in [-0.4, -0.2) is 19.8 Å². The molecule has 3 nitrogen and oxygen atoms in total. The fourth-order valence-electron chi connectivity index (χ4n) is 2.14. The van der Waals surface area contributed by atoms with Gasteiger partial charge >= 0.3 is 0 Å². The van der Waals surface area contributed by atoms with E-state index in [1.54, 1.807) is 18.2 Å². The van der Waals surface area contributed by atoms with Gasteiger partial charge in [-0.15, -0.1) is 12.4 Å². The van der Waals surface area contributed by atoms with E-state index in [0.29, 0.717) is 17.9 Å². The van der Waals surface area contributed by atoms with Crippen molar-refractivity contribution in [3.05, 3.63) is 48.0 Å². The highest BCUT2D eigenvalue weighted by Crippen LogP contribution is 2.24. The molecule has 0 aliphatic carbocycles. The van der Waals surface area contributed by atoms with Gasteiger partial charge in [-0.1, -0.05) is 25.5 Å². The second-order valence-electron chi connectivity index (χ2n) is 5.24. The van der Waals surface area contributed by atoms with Crippen molar-refractivity contribution >= 4 is 12.4 Å². The van der Waals surface area contributed by atoms with Crippen LogP contribution in [0.25, 0.3) is 11.3 Å². The van der Waals surface area contributed by atoms with Crippen molar-refractivity contribution in [2.45, 2.75) is 32.7 Å². The molecule has 5 heteroatoms. The van der Waals surface area contributed by atoms with Crippen LogP contribution in [0.3, 0.4) is 0 Å². The monoisotopic (exact) mass is 341 g/mol. The zero-order valence-corrected chi connectivity index (χ0v) is 14.3. The molecule has 2 rings (SSSR count). The number of hydrogen-bond donors (Lipinski definition) is 1. The summed E-state index contributed by atoms with van der Waals surface area (Å²) in [6.45, 7) is 5.31. The Labute approximate surface area is 143 Å². The molecule has 0 aliphatic heterocycles. The molecular weight excluding hydrogens is 317 g/mol. The molecule has 1 N–H and O–H groups in total. The van der Waals surface area contributed by atoms with Gasteiger partial charge in [-0.05, 0) is 43.7 Å². The van der Waals surface area contributed by atoms with Crippen molar-refractivity contribution in [3.8, 4) is 11.3 Å². The van der Waals surface area contributed by atoms with Crippen molar-refractivity contribution in [1.82, 2.24) is 5.32 Å². The number of nitrogens with one attached hydrogen (secondary N) is 1. The van der Waals surface area contributed by atoms with E-state index < -0.39 is 0 Å². The molecular formula is C18H25ClFNO2. The minimum Gasteiger partial charge on any atom is -0.460 e. The summed E-state index contributed by atoms with van der Waals surface area (Å²) in [6, 6.07) is 10.3. The third-order valence-electron chi connectivity index (χ3n) is 3.38. The van der Waals surface area contributed by atoms with E-state index in [2.05, 4.69) is 12.2 Å². The normalized spacial score (nSPS) is 10.5. The lowest BCUT2D eigenvalue weighted by Crippen LogP contribution is -2.16. The molecule has 1 aromatic carbocycles. The van der Waals surface area contributed by atoms with Crippen LogP contribution in [0, 0.1) is 5.82 Å². The summed E-state index contributed by atoms with van der Waals surface area (Å²) in [4.78, 5) is 0. The molecule has 0 saturated heterocycles. The van der Waals surface area contributed by atoms with E-state index in [0.717, 1.165) is 38.4 Å². The van der Waals surface area contributed by atoms with Crippen LogP contribution in [-0.2, 0) is 11.3 Å². The maximum atomic E-state index is 13.7. The third-order valence-corrected chi connectivity index (χ3v) is 3.38. The summed E-state index contributed by atoms with van der Waals surface area (Å²) in [5.74, 6) is 1.11. The quantitative estimate of drug-likeness (QED) is 0.630. The lowest BCUT2D eigenvalue weighted by atomic mass is 10.1. The molecule has 23 heavy (non-hydrogen) atoms. The van der Waals surface area contributed by atoms with Crippen LogP contribution in [0.2, 0.25) is 0 Å². The Hall–Kier alpha value is -1.36. The average molecular weight is 342 g/mol. The molecule has 0 bridgehead atoms. The summed E-state index contributed by atoms with van der Waals surface area (Å²) in [5, 5.41) is 3.30. The standard InChI is InChI=1S/C18H24FNO2.ClH/c1-2-3-12-21-13-6-11-20-14-15-9-10-18(22-15)16-7-4-5-8-17(16)19;/h4-5,7-10,20H,2-3,6,11-14H2,1H3;1H. The summed E-state index contributed by atoms with van der Waals surface area (Å²) >= 11 is 0. The SMILES string of the molecule is CCCCOCCCNCc1ccc(-c2ccccc2F)o1.Cl. The Morgan fingerprint density at radius 2 is 1.87 bits per heavy atom. The number of benzene rings is 1. The molecule has 128 valence electrons. The second kappa shape index (κ2) is 11.2. The zero-order chi connectivity index (χ0) is 15.6. The van der Waals surface area contributed by atoms with E-state index in [-0.39, 0.29) is 18.2 Å². The molecule has 0 unspecified atom stereocenters. The maximum Gasteiger partial charge on any atom is 0.137 e. The first kappa shape index (κ1) is 19.7. The van der Waals surface area contributed by atoms with Crippen molar-refractivity contribution < 1.29 is 13.5 Å². The van der Waals surface area contributed by atoms with E-state index in [1.165, 1.54) is 12.5 Å². The van der Waals surface area contributed by atoms with Gasteiger partial charge in [0.1, 0.15) is 17.3 Å². The van der Waals surface area contributed by atoms with Gasteiger partial charge < -0.3 is 14.5 Å². The zero-order valence-electron chi connectivity index (χ0n) is 13.5. The van der Waals surface area contributed by atoms with Crippen molar-refractivity contribution in [3.63, 3.8) is 0 Å². The van der Waals surface area contributed by atoms with Crippen molar-refractivity contribution in [1.29, 1.82) is 0 Å². The van der Waals surface area contributed by atoms with Crippen LogP contribution in [0.5, 0.6) is 0 Å². The lowest BCUT2D eigenvalue weighted by Gasteiger charge is -2.04. The Morgan fingerprint density at radius 3 is 2.65 bits per heavy atom. The first-order chi connectivity index (χ1) is 10.8. The lowest BCUT2D eigenvalue weighted by molar-refractivity contribution is 0.128. The highest BCUT2D eigenvalue weighted by molar-refractivity contribution is 5.85. The van der Waals surface area contributed by atoms with Crippen LogP contribution in [0.4, 0.5) is 4.39 Å².